The van der Waals surface area contributed by atoms with Gasteiger partial charge in [0.05, 0.1) is 12.2 Å². The van der Waals surface area contributed by atoms with E-state index in [4.69, 9.17) is 5.11 Å². The Morgan fingerprint density at radius 3 is 2.65 bits per heavy atom. The van der Waals surface area contributed by atoms with Crippen LogP contribution in [0.4, 0.5) is 14.6 Å². The van der Waals surface area contributed by atoms with Gasteiger partial charge in [-0.3, -0.25) is 0 Å². The monoisotopic (exact) mass is 318 g/mol. The van der Waals surface area contributed by atoms with Gasteiger partial charge in [0, 0.05) is 12.3 Å². The predicted molar refractivity (Wildman–Crippen MR) is 78.3 cm³/mol. The molecule has 118 valence electrons. The van der Waals surface area contributed by atoms with Crippen LogP contribution in [0.15, 0.2) is 36.7 Å². The molecule has 0 aliphatic carbocycles. The lowest BCUT2D eigenvalue weighted by molar-refractivity contribution is 0.0699. The molecule has 1 atom stereocenters. The number of carbonyl (C=O) groups is 1. The van der Waals surface area contributed by atoms with Crippen LogP contribution in [0.3, 0.4) is 0 Å². The fourth-order valence-corrected chi connectivity index (χ4v) is 2.23. The number of halogens is 2. The van der Waals surface area contributed by atoms with E-state index in [2.05, 4.69) is 15.4 Å². The molecule has 0 saturated carbocycles. The van der Waals surface area contributed by atoms with E-state index in [1.54, 1.807) is 19.2 Å². The van der Waals surface area contributed by atoms with Gasteiger partial charge in [-0.15, -0.1) is 0 Å². The molecule has 0 radical (unpaired) electrons. The Morgan fingerprint density at radius 2 is 2.00 bits per heavy atom. The first-order valence-electron chi connectivity index (χ1n) is 6.74. The third kappa shape index (κ3) is 2.96. The van der Waals surface area contributed by atoms with Crippen LogP contribution in [-0.2, 0) is 0 Å². The summed E-state index contributed by atoms with van der Waals surface area (Å²) in [6.45, 7) is 1.72. The smallest absolute Gasteiger partial charge is 0.341 e. The Bertz CT molecular complexity index is 874. The quantitative estimate of drug-likeness (QED) is 0.773. The fourth-order valence-electron chi connectivity index (χ4n) is 2.23. The van der Waals surface area contributed by atoms with Gasteiger partial charge in [0.15, 0.2) is 5.65 Å². The molecule has 0 bridgehead atoms. The summed E-state index contributed by atoms with van der Waals surface area (Å²) < 4.78 is 27.9. The van der Waals surface area contributed by atoms with E-state index in [-0.39, 0.29) is 11.2 Å². The summed E-state index contributed by atoms with van der Waals surface area (Å²) in [5, 5.41) is 16.0. The average Bonchev–Trinajstić information content (AvgIpc) is 2.89. The van der Waals surface area contributed by atoms with Gasteiger partial charge in [-0.1, -0.05) is 0 Å². The molecule has 0 aliphatic rings. The third-order valence-corrected chi connectivity index (χ3v) is 3.35. The van der Waals surface area contributed by atoms with Crippen LogP contribution in [0.5, 0.6) is 0 Å². The largest absolute Gasteiger partial charge is 0.477 e. The molecular weight excluding hydrogens is 306 g/mol. The van der Waals surface area contributed by atoms with E-state index in [0.29, 0.717) is 11.4 Å². The van der Waals surface area contributed by atoms with Crippen molar-refractivity contribution in [1.82, 2.24) is 14.6 Å². The van der Waals surface area contributed by atoms with Gasteiger partial charge >= 0.3 is 5.97 Å². The number of nitrogens with zero attached hydrogens (tertiary/aromatic N) is 3. The zero-order valence-electron chi connectivity index (χ0n) is 12.0. The molecule has 3 aromatic rings. The van der Waals surface area contributed by atoms with Crippen LogP contribution in [0, 0.1) is 11.6 Å². The summed E-state index contributed by atoms with van der Waals surface area (Å²) in [5.41, 5.74) is 0.564. The fraction of sp³-hybridized carbons (Fsp3) is 0.133. The average molecular weight is 318 g/mol. The first kappa shape index (κ1) is 14.9. The lowest BCUT2D eigenvalue weighted by Crippen LogP contribution is -2.09. The molecule has 0 aliphatic heterocycles. The van der Waals surface area contributed by atoms with Gasteiger partial charge in [-0.2, -0.15) is 5.10 Å². The van der Waals surface area contributed by atoms with E-state index in [1.165, 1.54) is 22.8 Å². The minimum absolute atomic E-state index is 0.0295. The number of aromatic carboxylic acids is 1. The molecule has 1 aromatic carbocycles. The Kier molecular flexibility index (Phi) is 3.65. The van der Waals surface area contributed by atoms with Crippen LogP contribution in [-0.4, -0.2) is 25.7 Å². The Labute approximate surface area is 129 Å². The zero-order valence-corrected chi connectivity index (χ0v) is 12.0. The summed E-state index contributed by atoms with van der Waals surface area (Å²) in [6.07, 6.45) is 2.76. The highest BCUT2D eigenvalue weighted by molar-refractivity contribution is 5.94. The molecule has 0 fully saturated rings. The molecule has 0 unspecified atom stereocenters. The van der Waals surface area contributed by atoms with Crippen molar-refractivity contribution in [1.29, 1.82) is 0 Å². The van der Waals surface area contributed by atoms with Crippen molar-refractivity contribution < 1.29 is 18.7 Å². The van der Waals surface area contributed by atoms with Gasteiger partial charge in [0.2, 0.25) is 0 Å². The van der Waals surface area contributed by atoms with Gasteiger partial charge in [-0.05, 0) is 30.7 Å². The van der Waals surface area contributed by atoms with E-state index in [1.807, 2.05) is 0 Å². The second kappa shape index (κ2) is 5.64. The summed E-state index contributed by atoms with van der Waals surface area (Å²) >= 11 is 0. The summed E-state index contributed by atoms with van der Waals surface area (Å²) in [4.78, 5) is 15.3. The van der Waals surface area contributed by atoms with Crippen LogP contribution >= 0.6 is 0 Å². The van der Waals surface area contributed by atoms with Crippen LogP contribution in [0.1, 0.15) is 28.9 Å². The maximum atomic E-state index is 13.3. The number of fused-ring (bicyclic) bond motifs is 1. The van der Waals surface area contributed by atoms with Crippen LogP contribution in [0.25, 0.3) is 5.65 Å². The number of rotatable bonds is 4. The second-order valence-corrected chi connectivity index (χ2v) is 5.01. The molecule has 23 heavy (non-hydrogen) atoms. The number of benzene rings is 1. The lowest BCUT2D eigenvalue weighted by Gasteiger charge is -2.15. The first-order chi connectivity index (χ1) is 10.9. The van der Waals surface area contributed by atoms with E-state index in [9.17, 15) is 13.6 Å². The third-order valence-electron chi connectivity index (χ3n) is 3.35. The predicted octanol–water partition coefficient (Wildman–Crippen LogP) is 2.88. The number of hydrogen-bond donors (Lipinski definition) is 2. The SMILES string of the molecule is C[C@H](Nc1ccn2ncc(C(=O)O)c2n1)c1cc(F)cc(F)c1. The minimum Gasteiger partial charge on any atom is -0.477 e. The normalized spacial score (nSPS) is 12.3. The number of aromatic nitrogens is 3. The van der Waals surface area contributed by atoms with Crippen molar-refractivity contribution in [2.24, 2.45) is 0 Å². The first-order valence-corrected chi connectivity index (χ1v) is 6.74. The lowest BCUT2D eigenvalue weighted by atomic mass is 10.1. The number of carboxylic acid groups (broad SMARTS) is 1. The van der Waals surface area contributed by atoms with Crippen molar-refractivity contribution in [3.8, 4) is 0 Å². The van der Waals surface area contributed by atoms with Gasteiger partial charge in [-0.25, -0.2) is 23.1 Å². The number of anilines is 1. The topological polar surface area (TPSA) is 79.5 Å². The molecule has 0 spiro atoms. The Balaban J connectivity index is 1.91. The number of nitrogens with one attached hydrogen (secondary N) is 1. The number of hydrogen-bond acceptors (Lipinski definition) is 4. The summed E-state index contributed by atoms with van der Waals surface area (Å²) in [7, 11) is 0. The minimum atomic E-state index is -1.13. The van der Waals surface area contributed by atoms with E-state index < -0.39 is 23.6 Å². The molecular formula is C15H12F2N4O2. The standard InChI is InChI=1S/C15H12F2N4O2/c1-8(9-4-10(16)6-11(17)5-9)19-13-2-3-21-14(20-13)12(7-18-21)15(22)23/h2-8H,1H3,(H,19,20)(H,22,23)/t8-/m0/s1. The van der Waals surface area contributed by atoms with Crippen molar-refractivity contribution in [3.05, 3.63) is 59.4 Å². The van der Waals surface area contributed by atoms with Crippen LogP contribution in [0.2, 0.25) is 0 Å². The van der Waals surface area contributed by atoms with Crippen molar-refractivity contribution in [2.75, 3.05) is 5.32 Å². The zero-order chi connectivity index (χ0) is 16.6. The maximum absolute atomic E-state index is 13.3. The van der Waals surface area contributed by atoms with Gasteiger partial charge in [0.25, 0.3) is 0 Å². The molecule has 3 rings (SSSR count). The molecule has 2 N–H and O–H groups in total. The molecule has 0 amide bonds. The molecule has 2 heterocycles. The van der Waals surface area contributed by atoms with E-state index in [0.717, 1.165) is 6.07 Å². The summed E-state index contributed by atoms with van der Waals surface area (Å²) in [5.74, 6) is -2.09. The van der Waals surface area contributed by atoms with Crippen molar-refractivity contribution in [2.45, 2.75) is 13.0 Å². The highest BCUT2D eigenvalue weighted by Gasteiger charge is 2.14. The Morgan fingerprint density at radius 1 is 1.30 bits per heavy atom. The van der Waals surface area contributed by atoms with Gasteiger partial charge < -0.3 is 10.4 Å². The molecule has 2 aromatic heterocycles. The maximum Gasteiger partial charge on any atom is 0.341 e. The van der Waals surface area contributed by atoms with E-state index >= 15 is 0 Å². The molecule has 0 saturated heterocycles. The Hall–Kier alpha value is -3.03. The second-order valence-electron chi connectivity index (χ2n) is 5.01. The summed E-state index contributed by atoms with van der Waals surface area (Å²) in [6, 6.07) is 4.41. The van der Waals surface area contributed by atoms with Crippen molar-refractivity contribution in [3.63, 3.8) is 0 Å². The van der Waals surface area contributed by atoms with Crippen LogP contribution < -0.4 is 5.32 Å². The molecule has 8 heteroatoms. The highest BCUT2D eigenvalue weighted by atomic mass is 19.1. The van der Waals surface area contributed by atoms with Crippen molar-refractivity contribution >= 4 is 17.4 Å². The van der Waals surface area contributed by atoms with Gasteiger partial charge in [0.1, 0.15) is 23.0 Å². The highest BCUT2D eigenvalue weighted by Crippen LogP contribution is 2.21. The molecule has 6 nitrogen and oxygen atoms in total. The number of carboxylic acids is 1.